The molecule has 3 nitrogen and oxygen atoms in total. The van der Waals surface area contributed by atoms with Crippen molar-refractivity contribution in [2.75, 3.05) is 4.90 Å². The van der Waals surface area contributed by atoms with Gasteiger partial charge in [-0.3, -0.25) is 0 Å². The second-order valence-corrected chi connectivity index (χ2v) is 21.9. The topological polar surface area (TPSA) is 29.5 Å². The van der Waals surface area contributed by atoms with Crippen molar-refractivity contribution in [1.29, 1.82) is 0 Å². The predicted octanol–water partition coefficient (Wildman–Crippen LogP) is 18.5. The summed E-state index contributed by atoms with van der Waals surface area (Å²) in [5.74, 6) is 0. The molecule has 0 saturated carbocycles. The lowest BCUT2D eigenvalue weighted by Gasteiger charge is -2.31. The Bertz CT molecular complexity index is 4070. The van der Waals surface area contributed by atoms with Crippen LogP contribution in [0.5, 0.6) is 0 Å². The quantitative estimate of drug-likeness (QED) is 0.176. The summed E-state index contributed by atoms with van der Waals surface area (Å²) in [6.07, 6.45) is 0. The van der Waals surface area contributed by atoms with Crippen molar-refractivity contribution in [1.82, 2.24) is 0 Å². The minimum absolute atomic E-state index is 0.168. The monoisotopic (exact) mass is 891 g/mol. The number of rotatable bonds is 4. The van der Waals surface area contributed by atoms with Crippen molar-refractivity contribution < 1.29 is 8.83 Å². The molecule has 14 rings (SSSR count). The molecule has 0 atom stereocenters. The van der Waals surface area contributed by atoms with Gasteiger partial charge in [-0.15, -0.1) is 0 Å². The van der Waals surface area contributed by atoms with Gasteiger partial charge < -0.3 is 13.7 Å². The first-order valence-corrected chi connectivity index (χ1v) is 24.6. The molecule has 0 radical (unpaired) electrons. The van der Waals surface area contributed by atoms with Gasteiger partial charge in [-0.1, -0.05) is 144 Å². The zero-order chi connectivity index (χ0) is 47.0. The van der Waals surface area contributed by atoms with Gasteiger partial charge >= 0.3 is 0 Å². The van der Waals surface area contributed by atoms with Gasteiger partial charge in [0.05, 0.1) is 0 Å². The molecule has 334 valence electrons. The number of fused-ring (bicyclic) bond motifs is 17. The molecule has 0 fully saturated rings. The van der Waals surface area contributed by atoms with E-state index in [1.54, 1.807) is 0 Å². The maximum absolute atomic E-state index is 6.82. The first-order valence-electron chi connectivity index (χ1n) is 24.6. The molecule has 9 aromatic carbocycles. The van der Waals surface area contributed by atoms with Crippen LogP contribution < -0.4 is 4.90 Å². The van der Waals surface area contributed by atoms with E-state index < -0.39 is 0 Å². The van der Waals surface area contributed by atoms with Gasteiger partial charge in [0, 0.05) is 60.4 Å². The van der Waals surface area contributed by atoms with Crippen LogP contribution in [-0.2, 0) is 16.2 Å². The number of benzene rings is 9. The normalized spacial score (nSPS) is 15.4. The highest BCUT2D eigenvalue weighted by atomic mass is 16.3. The highest BCUT2D eigenvalue weighted by molar-refractivity contribution is 6.19. The zero-order valence-electron chi connectivity index (χ0n) is 40.8. The third-order valence-electron chi connectivity index (χ3n) is 16.7. The van der Waals surface area contributed by atoms with Crippen LogP contribution in [-0.4, -0.2) is 0 Å². The Morgan fingerprint density at radius 2 is 0.928 bits per heavy atom. The summed E-state index contributed by atoms with van der Waals surface area (Å²) < 4.78 is 13.3. The molecule has 11 aromatic rings. The second kappa shape index (κ2) is 13.5. The number of para-hydroxylation sites is 2. The average molecular weight is 892 g/mol. The van der Waals surface area contributed by atoms with Crippen LogP contribution in [0.2, 0.25) is 0 Å². The molecular formula is C66H53NO2. The van der Waals surface area contributed by atoms with Gasteiger partial charge in [0.1, 0.15) is 22.3 Å². The number of aryl methyl sites for hydroxylation is 3. The summed E-state index contributed by atoms with van der Waals surface area (Å²) in [5.41, 5.74) is 28.6. The van der Waals surface area contributed by atoms with Crippen LogP contribution in [0.4, 0.5) is 17.1 Å². The summed E-state index contributed by atoms with van der Waals surface area (Å²) in [6, 6.07) is 59.2. The fourth-order valence-corrected chi connectivity index (χ4v) is 13.0. The standard InChI is InChI=1S/C66H53NO2/c1-36-18-21-39(22-19-36)46-33-54-59(62-45-15-11-13-17-57(45)69-63(46)62)43-26-24-41(32-51(43)66(54,8)9)67(55-28-20-37(2)30-38(55)3)40-23-25-42-47-34-53-48(35-52(47)65(6,7)50(42)31-40)60-49(64(53,4)5)27-29-58-61(60)44-14-10-12-16-56(44)68-58/h10-35H,1-9H3. The Morgan fingerprint density at radius 1 is 0.377 bits per heavy atom. The van der Waals surface area contributed by atoms with Crippen LogP contribution in [0, 0.1) is 20.8 Å². The van der Waals surface area contributed by atoms with E-state index in [9.17, 15) is 0 Å². The van der Waals surface area contributed by atoms with E-state index >= 15 is 0 Å². The van der Waals surface area contributed by atoms with Crippen LogP contribution in [0.25, 0.3) is 88.4 Å². The minimum atomic E-state index is -0.288. The van der Waals surface area contributed by atoms with Crippen molar-refractivity contribution in [3.05, 3.63) is 208 Å². The molecule has 69 heavy (non-hydrogen) atoms. The summed E-state index contributed by atoms with van der Waals surface area (Å²) in [6.45, 7) is 21.0. The van der Waals surface area contributed by atoms with E-state index in [1.807, 2.05) is 0 Å². The van der Waals surface area contributed by atoms with Crippen molar-refractivity contribution in [3.63, 3.8) is 0 Å². The van der Waals surface area contributed by atoms with Crippen LogP contribution in [0.15, 0.2) is 167 Å². The Hall–Kier alpha value is -7.62. The van der Waals surface area contributed by atoms with Gasteiger partial charge in [0.25, 0.3) is 0 Å². The molecule has 0 unspecified atom stereocenters. The first-order chi connectivity index (χ1) is 33.2. The summed E-state index contributed by atoms with van der Waals surface area (Å²) in [5, 5.41) is 4.77. The van der Waals surface area contributed by atoms with E-state index in [1.165, 1.54) is 111 Å². The highest BCUT2D eigenvalue weighted by Gasteiger charge is 2.44. The SMILES string of the molecule is Cc1ccc(-c2cc3c(c4c2oc2ccccc24)-c2ccc(N(c4ccc5c(c4)C(C)(C)c4cc6c(cc4-5)C(C)(C)c4ccc5oc7ccccc7c5c4-6)c4ccc(C)cc4C)cc2C3(C)C)cc1. The maximum Gasteiger partial charge on any atom is 0.143 e. The molecule has 0 bridgehead atoms. The lowest BCUT2D eigenvalue weighted by atomic mass is 9.79. The van der Waals surface area contributed by atoms with Gasteiger partial charge in [-0.05, 0) is 165 Å². The number of furan rings is 2. The number of hydrogen-bond acceptors (Lipinski definition) is 3. The third-order valence-corrected chi connectivity index (χ3v) is 16.7. The Labute approximate surface area is 403 Å². The maximum atomic E-state index is 6.82. The molecule has 2 aromatic heterocycles. The van der Waals surface area contributed by atoms with Gasteiger partial charge in [0.15, 0.2) is 0 Å². The van der Waals surface area contributed by atoms with Crippen LogP contribution >= 0.6 is 0 Å². The van der Waals surface area contributed by atoms with E-state index in [0.717, 1.165) is 44.7 Å². The molecule has 0 saturated heterocycles. The Morgan fingerprint density at radius 3 is 1.65 bits per heavy atom. The van der Waals surface area contributed by atoms with Gasteiger partial charge in [-0.25, -0.2) is 0 Å². The van der Waals surface area contributed by atoms with Crippen LogP contribution in [0.1, 0.15) is 91.6 Å². The molecular weight excluding hydrogens is 839 g/mol. The average Bonchev–Trinajstić information content (AvgIpc) is 4.08. The summed E-state index contributed by atoms with van der Waals surface area (Å²) in [7, 11) is 0. The number of hydrogen-bond donors (Lipinski definition) is 0. The highest BCUT2D eigenvalue weighted by Crippen LogP contribution is 2.60. The fourth-order valence-electron chi connectivity index (χ4n) is 13.0. The van der Waals surface area contributed by atoms with Crippen molar-refractivity contribution in [2.24, 2.45) is 0 Å². The predicted molar refractivity (Wildman–Crippen MR) is 288 cm³/mol. The molecule has 0 aliphatic heterocycles. The molecule has 3 heteroatoms. The minimum Gasteiger partial charge on any atom is -0.456 e. The largest absolute Gasteiger partial charge is 0.456 e. The fraction of sp³-hybridized carbons (Fsp3) is 0.182. The lowest BCUT2D eigenvalue weighted by molar-refractivity contribution is 0.651. The van der Waals surface area contributed by atoms with Crippen molar-refractivity contribution >= 4 is 60.9 Å². The smallest absolute Gasteiger partial charge is 0.143 e. The molecule has 3 aliphatic carbocycles. The van der Waals surface area contributed by atoms with Gasteiger partial charge in [0.2, 0.25) is 0 Å². The van der Waals surface area contributed by atoms with Crippen LogP contribution in [0.3, 0.4) is 0 Å². The zero-order valence-corrected chi connectivity index (χ0v) is 40.8. The van der Waals surface area contributed by atoms with E-state index in [2.05, 4.69) is 225 Å². The summed E-state index contributed by atoms with van der Waals surface area (Å²) in [4.78, 5) is 2.51. The van der Waals surface area contributed by atoms with E-state index in [4.69, 9.17) is 8.83 Å². The molecule has 3 aliphatic rings. The first kappa shape index (κ1) is 40.4. The molecule has 0 spiro atoms. The van der Waals surface area contributed by atoms with E-state index in [0.29, 0.717) is 0 Å². The lowest BCUT2D eigenvalue weighted by Crippen LogP contribution is -2.18. The Balaban J connectivity index is 0.938. The molecule has 0 N–H and O–H groups in total. The third kappa shape index (κ3) is 5.34. The van der Waals surface area contributed by atoms with Crippen molar-refractivity contribution in [2.45, 2.75) is 78.6 Å². The number of nitrogens with zero attached hydrogens (tertiary/aromatic N) is 1. The Kier molecular flexibility index (Phi) is 7.94. The van der Waals surface area contributed by atoms with Crippen molar-refractivity contribution in [3.8, 4) is 44.5 Å². The number of anilines is 3. The summed E-state index contributed by atoms with van der Waals surface area (Å²) >= 11 is 0. The molecule has 2 heterocycles. The molecule has 0 amide bonds. The second-order valence-electron chi connectivity index (χ2n) is 21.9. The van der Waals surface area contributed by atoms with Gasteiger partial charge in [-0.2, -0.15) is 0 Å². The van der Waals surface area contributed by atoms with E-state index in [-0.39, 0.29) is 16.2 Å².